The zero-order valence-electron chi connectivity index (χ0n) is 52.5. The number of nitriles is 2. The fraction of sp³-hybridized carbons (Fsp3) is 0. The van der Waals surface area contributed by atoms with Gasteiger partial charge in [0.2, 0.25) is 0 Å². The monoisotopic (exact) mass is 1220 g/mol. The summed E-state index contributed by atoms with van der Waals surface area (Å²) in [5.74, 6) is 0. The minimum absolute atomic E-state index is 0.124. The van der Waals surface area contributed by atoms with E-state index in [0.29, 0.717) is 16.7 Å². The Labute approximate surface area is 533 Å². The van der Waals surface area contributed by atoms with Gasteiger partial charge in [-0.05, 0) is 0 Å². The van der Waals surface area contributed by atoms with Crippen LogP contribution in [0.2, 0.25) is 0 Å². The van der Waals surface area contributed by atoms with Gasteiger partial charge in [-0.1, -0.05) is 0 Å². The SMILES string of the molecule is [2H]c1c([2H])c([2H])c(-c2ccc(N3c4cc(N(c5ccccc5)c5ccc(C#N)cc5)ccc4B4c5c(cc(-n6c7ccccc7c7ccccc76)cc53)[Se]c3cc(N(c5ccccc5)c5ccc(C#N)cc5)c5c(sc6ccccc65)c34)c(-c3ccccc3)c2)c([2H])c1[2H]. The van der Waals surface area contributed by atoms with E-state index in [0.717, 1.165) is 106 Å². The molecule has 2 aromatic heterocycles. The Hall–Kier alpha value is -11.2. The van der Waals surface area contributed by atoms with Gasteiger partial charge in [-0.15, -0.1) is 0 Å². The van der Waals surface area contributed by atoms with Crippen molar-refractivity contribution in [1.82, 2.24) is 4.57 Å². The van der Waals surface area contributed by atoms with Gasteiger partial charge in [-0.25, -0.2) is 0 Å². The number of nitrogens with zero attached hydrogens (tertiary/aromatic N) is 6. The maximum absolute atomic E-state index is 10.1. The normalized spacial score (nSPS) is 12.9. The number of hydrogen-bond acceptors (Lipinski definition) is 6. The van der Waals surface area contributed by atoms with E-state index in [2.05, 4.69) is 207 Å². The van der Waals surface area contributed by atoms with Crippen LogP contribution in [-0.2, 0) is 0 Å². The van der Waals surface area contributed by atoms with Gasteiger partial charge in [0.15, 0.2) is 0 Å². The van der Waals surface area contributed by atoms with E-state index in [9.17, 15) is 13.3 Å². The van der Waals surface area contributed by atoms with Crippen molar-refractivity contribution >= 4 is 151 Å². The van der Waals surface area contributed by atoms with Gasteiger partial charge in [-0.2, -0.15) is 5.26 Å². The van der Waals surface area contributed by atoms with E-state index in [4.69, 9.17) is 4.11 Å². The van der Waals surface area contributed by atoms with Crippen LogP contribution in [0.1, 0.15) is 18.0 Å². The van der Waals surface area contributed by atoms with Crippen molar-refractivity contribution in [2.24, 2.45) is 0 Å². The molecule has 414 valence electrons. The quantitative estimate of drug-likeness (QED) is 0.128. The third-order valence-corrected chi connectivity index (χ3v) is 20.9. The van der Waals surface area contributed by atoms with Gasteiger partial charge in [0.1, 0.15) is 0 Å². The predicted molar refractivity (Wildman–Crippen MR) is 374 cm³/mol. The van der Waals surface area contributed by atoms with Gasteiger partial charge in [0.25, 0.3) is 0 Å². The molecule has 0 saturated heterocycles. The van der Waals surface area contributed by atoms with Crippen molar-refractivity contribution in [1.29, 1.82) is 10.5 Å². The molecule has 2 aliphatic rings. The average Bonchev–Trinajstić information content (AvgIpc) is 1.12. The zero-order chi connectivity index (χ0) is 63.5. The second kappa shape index (κ2) is 21.4. The summed E-state index contributed by atoms with van der Waals surface area (Å²) >= 11 is 1.51. The van der Waals surface area contributed by atoms with Crippen LogP contribution >= 0.6 is 11.3 Å². The average molecular weight is 1220 g/mol. The molecule has 0 N–H and O–H groups in total. The Balaban J connectivity index is 1.01. The topological polar surface area (TPSA) is 62.2 Å². The number of thiophene rings is 1. The number of anilines is 9. The molecule has 0 amide bonds. The summed E-state index contributed by atoms with van der Waals surface area (Å²) in [7, 11) is 0. The van der Waals surface area contributed by atoms with E-state index in [1.165, 1.54) is 29.2 Å². The van der Waals surface area contributed by atoms with Crippen LogP contribution in [0.25, 0.3) is 69.9 Å². The van der Waals surface area contributed by atoms with E-state index in [-0.39, 0.29) is 39.3 Å². The molecule has 9 heteroatoms. The van der Waals surface area contributed by atoms with Crippen LogP contribution < -0.4 is 40.0 Å². The fourth-order valence-electron chi connectivity index (χ4n) is 13.5. The van der Waals surface area contributed by atoms with Gasteiger partial charge in [-0.3, -0.25) is 0 Å². The summed E-state index contributed by atoms with van der Waals surface area (Å²) in [6.45, 7) is -0.307. The van der Waals surface area contributed by atoms with Crippen molar-refractivity contribution < 1.29 is 6.85 Å². The Morgan fingerprint density at radius 1 is 0.438 bits per heavy atom. The Morgan fingerprint density at radius 3 is 1.66 bits per heavy atom. The first-order valence-electron chi connectivity index (χ1n) is 31.9. The summed E-state index contributed by atoms with van der Waals surface area (Å²) in [5, 5.41) is 24.7. The molecule has 17 rings (SSSR count). The van der Waals surface area contributed by atoms with Gasteiger partial charge in [0, 0.05) is 0 Å². The van der Waals surface area contributed by atoms with Crippen LogP contribution in [0.15, 0.2) is 297 Å². The van der Waals surface area contributed by atoms with Crippen LogP contribution in [0.4, 0.5) is 51.2 Å². The van der Waals surface area contributed by atoms with Crippen LogP contribution in [-0.4, -0.2) is 26.2 Å². The summed E-state index contributed by atoms with van der Waals surface area (Å²) in [4.78, 5) is 7.03. The zero-order valence-corrected chi connectivity index (χ0v) is 50.0. The molecule has 0 radical (unpaired) electrons. The third-order valence-electron chi connectivity index (χ3n) is 17.3. The number of fused-ring (bicyclic) bond motifs is 11. The van der Waals surface area contributed by atoms with Crippen molar-refractivity contribution in [2.75, 3.05) is 14.7 Å². The first-order valence-corrected chi connectivity index (χ1v) is 31.9. The van der Waals surface area contributed by atoms with Gasteiger partial charge >= 0.3 is 524 Å². The predicted octanol–water partition coefficient (Wildman–Crippen LogP) is 17.4. The summed E-state index contributed by atoms with van der Waals surface area (Å²) in [5.41, 5.74) is 18.5. The second-order valence-electron chi connectivity index (χ2n) is 22.2. The first kappa shape index (κ1) is 47.0. The third kappa shape index (κ3) is 8.59. The molecule has 0 saturated carbocycles. The molecule has 0 fully saturated rings. The molecular weight excluding hydrogens is 1170 g/mol. The van der Waals surface area contributed by atoms with Crippen LogP contribution in [0.5, 0.6) is 0 Å². The molecule has 2 aliphatic heterocycles. The van der Waals surface area contributed by atoms with Crippen LogP contribution in [0.3, 0.4) is 0 Å². The molecule has 0 spiro atoms. The van der Waals surface area contributed by atoms with Crippen molar-refractivity contribution in [2.45, 2.75) is 0 Å². The van der Waals surface area contributed by atoms with E-state index < -0.39 is 18.1 Å². The van der Waals surface area contributed by atoms with Crippen LogP contribution in [0, 0.1) is 22.7 Å². The number of rotatable bonds is 10. The molecule has 0 unspecified atom stereocenters. The number of aromatic nitrogens is 1. The molecular formula is C80H49BN6SSe. The van der Waals surface area contributed by atoms with Gasteiger partial charge in [0.05, 0.1) is 7.44 Å². The van der Waals surface area contributed by atoms with E-state index >= 15 is 0 Å². The number of para-hydroxylation sites is 4. The van der Waals surface area contributed by atoms with Crippen molar-refractivity contribution in [3.63, 3.8) is 0 Å². The first-order chi connectivity index (χ1) is 46.1. The minimum atomic E-state index is -0.445. The molecule has 0 atom stereocenters. The van der Waals surface area contributed by atoms with E-state index in [1.54, 1.807) is 0 Å². The fourth-order valence-corrected chi connectivity index (χ4v) is 17.6. The Kier molecular flexibility index (Phi) is 11.3. The molecule has 13 aromatic carbocycles. The number of hydrogen-bond donors (Lipinski definition) is 0. The molecule has 4 heterocycles. The Morgan fingerprint density at radius 2 is 1.00 bits per heavy atom. The maximum atomic E-state index is 10.1. The van der Waals surface area contributed by atoms with Crippen molar-refractivity contribution in [3.8, 4) is 40.1 Å². The number of benzene rings is 13. The molecule has 15 aromatic rings. The molecule has 89 heavy (non-hydrogen) atoms. The summed E-state index contributed by atoms with van der Waals surface area (Å²) in [6.07, 6.45) is 0. The van der Waals surface area contributed by atoms with Gasteiger partial charge < -0.3 is 0 Å². The molecule has 6 nitrogen and oxygen atoms in total. The Bertz CT molecular complexity index is 5630. The second-order valence-corrected chi connectivity index (χ2v) is 25.6. The van der Waals surface area contributed by atoms with E-state index in [1.807, 2.05) is 102 Å². The standard InChI is InChI=1S/C80H49BN6SSe/c82-50-52-33-38-59(39-34-52)84(57-23-9-3-10-24-57)61-42-43-67-71(46-61)87(70-44-37-56(54-19-5-1-6-20-54)45-66(70)55-21-7-2-8-22-55)73-47-62(86-68-30-16-13-27-63(68)64-28-14-17-31-69(64)86)48-75-78(73)81(67)79-76(89-75)49-72(77-65-29-15-18-32-74(65)88-80(77)79)85(58-25-11-4-12-26-58)60-40-35-53(51-83)36-41-60/h1-49H/i1D,5D,6D,19D,20D. The summed E-state index contributed by atoms with van der Waals surface area (Å²) < 4.78 is 52.0. The van der Waals surface area contributed by atoms with Crippen molar-refractivity contribution in [3.05, 3.63) is 308 Å². The molecule has 0 bridgehead atoms. The summed E-state index contributed by atoms with van der Waals surface area (Å²) in [6, 6.07) is 95.7. The molecule has 0 aliphatic carbocycles.